The van der Waals surface area contributed by atoms with E-state index in [1.54, 1.807) is 6.29 Å². The predicted molar refractivity (Wildman–Crippen MR) is 40.2 cm³/mol. The van der Waals surface area contributed by atoms with Crippen LogP contribution in [0.1, 0.15) is 19.8 Å². The first-order chi connectivity index (χ1) is 5.57. The third-order valence-corrected chi connectivity index (χ3v) is 1.21. The maximum Gasteiger partial charge on any atom is 0.326 e. The Hall–Kier alpha value is -1.39. The molecular weight excluding hydrogens is 162 g/mol. The molecule has 0 aromatic rings. The second-order valence-electron chi connectivity index (χ2n) is 2.27. The number of carbonyl (C=O) groups excluding carboxylic acids is 2. The van der Waals surface area contributed by atoms with Crippen LogP contribution in [0.2, 0.25) is 0 Å². The molecule has 0 bridgehead atoms. The van der Waals surface area contributed by atoms with Crippen LogP contribution in [0.3, 0.4) is 0 Å². The quantitative estimate of drug-likeness (QED) is 0.583. The smallest absolute Gasteiger partial charge is 0.326 e. The van der Waals surface area contributed by atoms with Gasteiger partial charge < -0.3 is 10.4 Å². The van der Waals surface area contributed by atoms with E-state index in [-0.39, 0.29) is 12.8 Å². The van der Waals surface area contributed by atoms with Crippen LogP contribution in [0.25, 0.3) is 0 Å². The molecule has 0 aromatic heterocycles. The van der Waals surface area contributed by atoms with Gasteiger partial charge in [0.15, 0.2) is 6.29 Å². The Labute approximate surface area is 69.8 Å². The number of nitrogens with one attached hydrogen (secondary N) is 1. The molecule has 5 nitrogen and oxygen atoms in total. The summed E-state index contributed by atoms with van der Waals surface area (Å²) in [7, 11) is 0. The van der Waals surface area contributed by atoms with Crippen LogP contribution in [0, 0.1) is 0 Å². The van der Waals surface area contributed by atoms with E-state index in [0.717, 1.165) is 0 Å². The minimum absolute atomic E-state index is 0.0112. The maximum atomic E-state index is 10.4. The summed E-state index contributed by atoms with van der Waals surface area (Å²) in [4.78, 5) is 30.6. The van der Waals surface area contributed by atoms with E-state index in [1.165, 1.54) is 6.92 Å². The zero-order chi connectivity index (χ0) is 9.56. The van der Waals surface area contributed by atoms with Crippen LogP contribution >= 0.6 is 0 Å². The van der Waals surface area contributed by atoms with Crippen LogP contribution in [0.4, 0.5) is 0 Å². The van der Waals surface area contributed by atoms with Gasteiger partial charge >= 0.3 is 5.97 Å². The van der Waals surface area contributed by atoms with Crippen LogP contribution in [-0.2, 0) is 14.4 Å². The van der Waals surface area contributed by atoms with Gasteiger partial charge in [-0.05, 0) is 6.42 Å². The summed E-state index contributed by atoms with van der Waals surface area (Å²) in [5.41, 5.74) is 0. The number of carboxylic acids is 1. The van der Waals surface area contributed by atoms with Crippen LogP contribution in [0.15, 0.2) is 0 Å². The second kappa shape index (κ2) is 5.29. The molecule has 0 aliphatic rings. The number of carboxylic acid groups (broad SMARTS) is 1. The Morgan fingerprint density at radius 1 is 1.58 bits per heavy atom. The lowest BCUT2D eigenvalue weighted by Gasteiger charge is -2.10. The van der Waals surface area contributed by atoms with E-state index >= 15 is 0 Å². The Balaban J connectivity index is 3.94. The lowest BCUT2D eigenvalue weighted by Crippen LogP contribution is -2.39. The predicted octanol–water partition coefficient (Wildman–Crippen LogP) is -0.534. The summed E-state index contributed by atoms with van der Waals surface area (Å²) in [6, 6.07) is -0.982. The Bertz CT molecular complexity index is 190. The molecule has 67 valence electrons. The van der Waals surface area contributed by atoms with Crippen LogP contribution < -0.4 is 5.32 Å². The normalized spacial score (nSPS) is 11.8. The molecule has 5 heteroatoms. The van der Waals surface area contributed by atoms with Gasteiger partial charge in [-0.2, -0.15) is 0 Å². The molecule has 0 aromatic carbocycles. The van der Waals surface area contributed by atoms with Gasteiger partial charge in [0.1, 0.15) is 6.04 Å². The standard InChI is InChI=1S/C7H10NO4/c1-5(10)8-6(7(11)12)3-2-4-9/h6H,2-3H2,1H3,(H,8,10)(H,11,12)/t6-/m0/s1. The fraction of sp³-hybridized carbons (Fsp3) is 0.571. The molecule has 0 saturated heterocycles. The summed E-state index contributed by atoms with van der Waals surface area (Å²) in [6.07, 6.45) is 1.65. The molecule has 1 atom stereocenters. The van der Waals surface area contributed by atoms with Crippen molar-refractivity contribution in [3.05, 3.63) is 0 Å². The number of carbonyl (C=O) groups is 2. The number of amides is 1. The van der Waals surface area contributed by atoms with E-state index in [4.69, 9.17) is 5.11 Å². The molecule has 0 rings (SSSR count). The topological polar surface area (TPSA) is 83.5 Å². The third kappa shape index (κ3) is 4.43. The Morgan fingerprint density at radius 3 is 2.50 bits per heavy atom. The van der Waals surface area contributed by atoms with Gasteiger partial charge in [-0.1, -0.05) is 0 Å². The lowest BCUT2D eigenvalue weighted by molar-refractivity contribution is -0.141. The van der Waals surface area contributed by atoms with Gasteiger partial charge in [0.25, 0.3) is 0 Å². The minimum atomic E-state index is -1.14. The SMILES string of the molecule is CC(=O)N[C@@H](CC[C]=O)C(=O)O. The minimum Gasteiger partial charge on any atom is -0.480 e. The van der Waals surface area contributed by atoms with Gasteiger partial charge in [-0.3, -0.25) is 9.59 Å². The Kier molecular flexibility index (Phi) is 4.67. The van der Waals surface area contributed by atoms with Crippen molar-refractivity contribution in [3.63, 3.8) is 0 Å². The highest BCUT2D eigenvalue weighted by Gasteiger charge is 2.17. The number of hydrogen-bond acceptors (Lipinski definition) is 3. The van der Waals surface area contributed by atoms with Crippen molar-refractivity contribution >= 4 is 18.2 Å². The molecule has 1 radical (unpaired) electrons. The highest BCUT2D eigenvalue weighted by atomic mass is 16.4. The van der Waals surface area contributed by atoms with E-state index in [2.05, 4.69) is 5.32 Å². The van der Waals surface area contributed by atoms with Crippen molar-refractivity contribution in [1.29, 1.82) is 0 Å². The van der Waals surface area contributed by atoms with Crippen molar-refractivity contribution < 1.29 is 19.5 Å². The van der Waals surface area contributed by atoms with E-state index in [9.17, 15) is 14.4 Å². The zero-order valence-corrected chi connectivity index (χ0v) is 6.66. The molecule has 0 heterocycles. The van der Waals surface area contributed by atoms with Crippen molar-refractivity contribution in [3.8, 4) is 0 Å². The van der Waals surface area contributed by atoms with Crippen LogP contribution in [-0.4, -0.2) is 29.3 Å². The van der Waals surface area contributed by atoms with E-state index in [1.807, 2.05) is 0 Å². The van der Waals surface area contributed by atoms with Gasteiger partial charge in [0.05, 0.1) is 0 Å². The fourth-order valence-corrected chi connectivity index (χ4v) is 0.706. The van der Waals surface area contributed by atoms with Crippen molar-refractivity contribution in [2.75, 3.05) is 0 Å². The largest absolute Gasteiger partial charge is 0.480 e. The third-order valence-electron chi connectivity index (χ3n) is 1.21. The van der Waals surface area contributed by atoms with Crippen LogP contribution in [0.5, 0.6) is 0 Å². The lowest BCUT2D eigenvalue weighted by atomic mass is 10.1. The molecular formula is C7H10NO4. The molecule has 0 spiro atoms. The fourth-order valence-electron chi connectivity index (χ4n) is 0.706. The molecule has 12 heavy (non-hydrogen) atoms. The highest BCUT2D eigenvalue weighted by Crippen LogP contribution is 1.95. The Morgan fingerprint density at radius 2 is 2.17 bits per heavy atom. The number of rotatable bonds is 5. The molecule has 0 fully saturated rings. The second-order valence-corrected chi connectivity index (χ2v) is 2.27. The molecule has 0 unspecified atom stereocenters. The molecule has 0 aliphatic carbocycles. The van der Waals surface area contributed by atoms with Gasteiger partial charge in [0.2, 0.25) is 5.91 Å². The van der Waals surface area contributed by atoms with Crippen molar-refractivity contribution in [1.82, 2.24) is 5.32 Å². The monoisotopic (exact) mass is 172 g/mol. The molecule has 2 N–H and O–H groups in total. The van der Waals surface area contributed by atoms with Gasteiger partial charge in [-0.15, -0.1) is 0 Å². The van der Waals surface area contributed by atoms with Gasteiger partial charge in [0, 0.05) is 13.3 Å². The molecule has 1 amide bonds. The first kappa shape index (κ1) is 10.6. The first-order valence-electron chi connectivity index (χ1n) is 3.43. The van der Waals surface area contributed by atoms with E-state index < -0.39 is 17.9 Å². The average Bonchev–Trinajstić information content (AvgIpc) is 1.96. The number of aliphatic carboxylic acids is 1. The summed E-state index contributed by atoms with van der Waals surface area (Å²) in [6.45, 7) is 1.22. The van der Waals surface area contributed by atoms with E-state index in [0.29, 0.717) is 0 Å². The van der Waals surface area contributed by atoms with Crippen molar-refractivity contribution in [2.24, 2.45) is 0 Å². The van der Waals surface area contributed by atoms with Crippen molar-refractivity contribution in [2.45, 2.75) is 25.8 Å². The maximum absolute atomic E-state index is 10.4. The number of hydrogen-bond donors (Lipinski definition) is 2. The average molecular weight is 172 g/mol. The molecule has 0 aliphatic heterocycles. The summed E-state index contributed by atoms with van der Waals surface area (Å²) in [5, 5.41) is 10.7. The zero-order valence-electron chi connectivity index (χ0n) is 6.66. The highest BCUT2D eigenvalue weighted by molar-refractivity contribution is 5.82. The summed E-state index contributed by atoms with van der Waals surface area (Å²) >= 11 is 0. The summed E-state index contributed by atoms with van der Waals surface area (Å²) < 4.78 is 0. The van der Waals surface area contributed by atoms with Gasteiger partial charge in [-0.25, -0.2) is 4.79 Å². The summed E-state index contributed by atoms with van der Waals surface area (Å²) in [5.74, 6) is -1.56. The molecule has 0 saturated carbocycles. The first-order valence-corrected chi connectivity index (χ1v) is 3.43.